The summed E-state index contributed by atoms with van der Waals surface area (Å²) in [6, 6.07) is 7.56. The first-order valence-corrected chi connectivity index (χ1v) is 6.21. The lowest BCUT2D eigenvalue weighted by Gasteiger charge is -2.08. The minimum Gasteiger partial charge on any atom is -0.340 e. The molecule has 3 rings (SSSR count). The van der Waals surface area contributed by atoms with Crippen LogP contribution >= 0.6 is 11.6 Å². The summed E-state index contributed by atoms with van der Waals surface area (Å²) in [5.74, 6) is -0.117. The van der Waals surface area contributed by atoms with Crippen LogP contribution in [-0.2, 0) is 0 Å². The van der Waals surface area contributed by atoms with Crippen LogP contribution in [0.1, 0.15) is 29.4 Å². The van der Waals surface area contributed by atoms with Crippen LogP contribution in [0.3, 0.4) is 0 Å². The van der Waals surface area contributed by atoms with Crippen molar-refractivity contribution in [2.24, 2.45) is 0 Å². The average Bonchev–Trinajstić information content (AvgIpc) is 3.06. The van der Waals surface area contributed by atoms with Crippen molar-refractivity contribution < 1.29 is 4.79 Å². The van der Waals surface area contributed by atoms with Crippen LogP contribution in [0.25, 0.3) is 0 Å². The third-order valence-corrected chi connectivity index (χ3v) is 3.14. The van der Waals surface area contributed by atoms with Gasteiger partial charge in [-0.25, -0.2) is 4.98 Å². The van der Waals surface area contributed by atoms with E-state index in [1.807, 2.05) is 22.9 Å². The first-order chi connectivity index (χ1) is 8.74. The van der Waals surface area contributed by atoms with Crippen LogP contribution < -0.4 is 5.32 Å². The Hall–Kier alpha value is -1.81. The summed E-state index contributed by atoms with van der Waals surface area (Å²) in [5, 5.41) is 3.19. The molecule has 2 aromatic heterocycles. The van der Waals surface area contributed by atoms with E-state index < -0.39 is 0 Å². The van der Waals surface area contributed by atoms with E-state index in [0.29, 0.717) is 22.6 Å². The summed E-state index contributed by atoms with van der Waals surface area (Å²) >= 11 is 5.78. The zero-order chi connectivity index (χ0) is 12.5. The van der Waals surface area contributed by atoms with Crippen LogP contribution in [0, 0.1) is 0 Å². The van der Waals surface area contributed by atoms with Crippen molar-refractivity contribution in [1.82, 2.24) is 9.55 Å². The van der Waals surface area contributed by atoms with Crippen LogP contribution in [0.5, 0.6) is 0 Å². The third-order valence-electron chi connectivity index (χ3n) is 2.94. The maximum absolute atomic E-state index is 12.1. The van der Waals surface area contributed by atoms with Crippen molar-refractivity contribution in [1.29, 1.82) is 0 Å². The lowest BCUT2D eigenvalue weighted by molar-refractivity contribution is 0.101. The third kappa shape index (κ3) is 2.24. The molecule has 1 N–H and O–H groups in total. The van der Waals surface area contributed by atoms with Crippen LogP contribution in [0.2, 0.25) is 5.15 Å². The molecule has 1 saturated carbocycles. The predicted molar refractivity (Wildman–Crippen MR) is 69.9 cm³/mol. The van der Waals surface area contributed by atoms with Gasteiger partial charge in [-0.2, -0.15) is 0 Å². The lowest BCUT2D eigenvalue weighted by atomic mass is 10.3. The highest BCUT2D eigenvalue weighted by atomic mass is 35.5. The number of pyridine rings is 1. The van der Waals surface area contributed by atoms with Crippen LogP contribution in [-0.4, -0.2) is 15.5 Å². The molecule has 0 aliphatic heterocycles. The average molecular weight is 262 g/mol. The van der Waals surface area contributed by atoms with E-state index in [0.717, 1.165) is 12.8 Å². The number of hydrogen-bond acceptors (Lipinski definition) is 2. The van der Waals surface area contributed by atoms with Gasteiger partial charge in [0.1, 0.15) is 10.8 Å². The SMILES string of the molecule is O=C(Nc1ccnc(Cl)c1)c1cccn1C1CC1. The van der Waals surface area contributed by atoms with Crippen molar-refractivity contribution in [2.45, 2.75) is 18.9 Å². The normalized spacial score (nSPS) is 14.5. The summed E-state index contributed by atoms with van der Waals surface area (Å²) in [6.45, 7) is 0. The van der Waals surface area contributed by atoms with Crippen molar-refractivity contribution in [2.75, 3.05) is 5.32 Å². The van der Waals surface area contributed by atoms with Gasteiger partial charge in [-0.15, -0.1) is 0 Å². The standard InChI is InChI=1S/C13H12ClN3O/c14-12-8-9(5-6-15-12)16-13(18)11-2-1-7-17(11)10-3-4-10/h1-2,5-8,10H,3-4H2,(H,15,16,18). The predicted octanol–water partition coefficient (Wildman–Crippen LogP) is 3.12. The summed E-state index contributed by atoms with van der Waals surface area (Å²) in [4.78, 5) is 16.0. The Labute approximate surface area is 110 Å². The van der Waals surface area contributed by atoms with Crippen molar-refractivity contribution >= 4 is 23.2 Å². The van der Waals surface area contributed by atoms with E-state index >= 15 is 0 Å². The van der Waals surface area contributed by atoms with Crippen molar-refractivity contribution in [3.63, 3.8) is 0 Å². The molecule has 0 saturated heterocycles. The molecule has 1 aliphatic carbocycles. The van der Waals surface area contributed by atoms with Crippen LogP contribution in [0.15, 0.2) is 36.7 Å². The molecule has 0 atom stereocenters. The minimum absolute atomic E-state index is 0.117. The van der Waals surface area contributed by atoms with E-state index in [9.17, 15) is 4.79 Å². The number of carbonyl (C=O) groups is 1. The number of rotatable bonds is 3. The zero-order valence-electron chi connectivity index (χ0n) is 9.64. The molecule has 0 bridgehead atoms. The lowest BCUT2D eigenvalue weighted by Crippen LogP contribution is -2.16. The van der Waals surface area contributed by atoms with E-state index in [4.69, 9.17) is 11.6 Å². The second-order valence-corrected chi connectivity index (χ2v) is 4.74. The van der Waals surface area contributed by atoms with Gasteiger partial charge in [0.2, 0.25) is 0 Å². The summed E-state index contributed by atoms with van der Waals surface area (Å²) in [5.41, 5.74) is 1.34. The molecule has 18 heavy (non-hydrogen) atoms. The van der Waals surface area contributed by atoms with Gasteiger partial charge in [0.25, 0.3) is 5.91 Å². The Kier molecular flexibility index (Phi) is 2.80. The number of amides is 1. The molecule has 1 amide bonds. The van der Waals surface area contributed by atoms with E-state index in [1.165, 1.54) is 0 Å². The molecule has 0 spiro atoms. The molecular formula is C13H12ClN3O. The number of aromatic nitrogens is 2. The van der Waals surface area contributed by atoms with Gasteiger partial charge in [0.15, 0.2) is 0 Å². The van der Waals surface area contributed by atoms with Crippen molar-refractivity contribution in [3.05, 3.63) is 47.5 Å². The number of nitrogens with one attached hydrogen (secondary N) is 1. The first-order valence-electron chi connectivity index (χ1n) is 5.84. The smallest absolute Gasteiger partial charge is 0.272 e. The highest BCUT2D eigenvalue weighted by Gasteiger charge is 2.26. The number of halogens is 1. The monoisotopic (exact) mass is 261 g/mol. The number of hydrogen-bond donors (Lipinski definition) is 1. The highest BCUT2D eigenvalue weighted by Crippen LogP contribution is 2.36. The Morgan fingerprint density at radius 1 is 1.44 bits per heavy atom. The van der Waals surface area contributed by atoms with E-state index in [-0.39, 0.29) is 5.91 Å². The molecule has 92 valence electrons. The minimum atomic E-state index is -0.117. The number of carbonyl (C=O) groups excluding carboxylic acids is 1. The fourth-order valence-electron chi connectivity index (χ4n) is 1.93. The van der Waals surface area contributed by atoms with Crippen LogP contribution in [0.4, 0.5) is 5.69 Å². The Morgan fingerprint density at radius 2 is 2.28 bits per heavy atom. The van der Waals surface area contributed by atoms with Gasteiger partial charge in [0, 0.05) is 24.1 Å². The van der Waals surface area contributed by atoms with Gasteiger partial charge < -0.3 is 9.88 Å². The van der Waals surface area contributed by atoms with E-state index in [2.05, 4.69) is 10.3 Å². The molecule has 0 unspecified atom stereocenters. The molecular weight excluding hydrogens is 250 g/mol. The Balaban J connectivity index is 1.80. The maximum Gasteiger partial charge on any atom is 0.272 e. The second kappa shape index (κ2) is 4.46. The summed E-state index contributed by atoms with van der Waals surface area (Å²) in [7, 11) is 0. The topological polar surface area (TPSA) is 46.9 Å². The van der Waals surface area contributed by atoms with Gasteiger partial charge in [0.05, 0.1) is 0 Å². The fraction of sp³-hybridized carbons (Fsp3) is 0.231. The summed E-state index contributed by atoms with van der Waals surface area (Å²) in [6.07, 6.45) is 5.82. The first kappa shape index (κ1) is 11.3. The zero-order valence-corrected chi connectivity index (χ0v) is 10.4. The molecule has 4 nitrogen and oxygen atoms in total. The quantitative estimate of drug-likeness (QED) is 0.863. The fourth-order valence-corrected chi connectivity index (χ4v) is 2.11. The largest absolute Gasteiger partial charge is 0.340 e. The van der Waals surface area contributed by atoms with E-state index in [1.54, 1.807) is 18.3 Å². The molecule has 1 fully saturated rings. The molecule has 5 heteroatoms. The van der Waals surface area contributed by atoms with Gasteiger partial charge in [-0.1, -0.05) is 11.6 Å². The Bertz CT molecular complexity index is 589. The molecule has 0 radical (unpaired) electrons. The molecule has 2 heterocycles. The van der Waals surface area contributed by atoms with Gasteiger partial charge in [-0.3, -0.25) is 4.79 Å². The van der Waals surface area contributed by atoms with Gasteiger partial charge >= 0.3 is 0 Å². The molecule has 2 aromatic rings. The number of anilines is 1. The maximum atomic E-state index is 12.1. The number of nitrogens with zero attached hydrogens (tertiary/aromatic N) is 2. The highest BCUT2D eigenvalue weighted by molar-refractivity contribution is 6.29. The molecule has 0 aromatic carbocycles. The second-order valence-electron chi connectivity index (χ2n) is 4.35. The van der Waals surface area contributed by atoms with Crippen molar-refractivity contribution in [3.8, 4) is 0 Å². The summed E-state index contributed by atoms with van der Waals surface area (Å²) < 4.78 is 2.03. The Morgan fingerprint density at radius 3 is 3.00 bits per heavy atom. The van der Waals surface area contributed by atoms with Gasteiger partial charge in [-0.05, 0) is 37.1 Å². The molecule has 1 aliphatic rings.